The Morgan fingerprint density at radius 1 is 0.889 bits per heavy atom. The number of fused-ring (bicyclic) bond motifs is 1. The van der Waals surface area contributed by atoms with Gasteiger partial charge in [0.1, 0.15) is 12.1 Å². The molecule has 0 saturated heterocycles. The number of amides is 2. The van der Waals surface area contributed by atoms with E-state index in [2.05, 4.69) is 15.4 Å². The highest BCUT2D eigenvalue weighted by molar-refractivity contribution is 7.89. The fourth-order valence-corrected chi connectivity index (χ4v) is 4.97. The highest BCUT2D eigenvalue weighted by Crippen LogP contribution is 2.19. The maximum Gasteiger partial charge on any atom is 0.241 e. The van der Waals surface area contributed by atoms with Crippen LogP contribution in [0.5, 0.6) is 0 Å². The van der Waals surface area contributed by atoms with Crippen LogP contribution >= 0.6 is 0 Å². The van der Waals surface area contributed by atoms with Crippen molar-refractivity contribution in [1.82, 2.24) is 15.4 Å². The number of hydrogen-bond donors (Lipinski definition) is 6. The number of guanidine groups is 1. The largest absolute Gasteiger partial charge is 0.370 e. The zero-order valence-corrected chi connectivity index (χ0v) is 20.4. The second kappa shape index (κ2) is 12.1. The SMILES string of the molecule is N=C(N)NCCC[C@H](NS(=O)(=O)c1ccc2ccccc2c1)C(=O)N[C@@H](Cc1ccccc1)C(N)=O. The minimum atomic E-state index is -4.08. The predicted molar refractivity (Wildman–Crippen MR) is 138 cm³/mol. The molecule has 3 rings (SSSR count). The van der Waals surface area contributed by atoms with Gasteiger partial charge in [0, 0.05) is 13.0 Å². The summed E-state index contributed by atoms with van der Waals surface area (Å²) in [6, 6.07) is 18.9. The van der Waals surface area contributed by atoms with Crippen LogP contribution in [0.25, 0.3) is 10.8 Å². The molecule has 0 heterocycles. The fourth-order valence-electron chi connectivity index (χ4n) is 3.71. The van der Waals surface area contributed by atoms with E-state index in [0.29, 0.717) is 6.42 Å². The molecule has 0 fully saturated rings. The van der Waals surface area contributed by atoms with E-state index in [1.807, 2.05) is 18.2 Å². The van der Waals surface area contributed by atoms with Gasteiger partial charge in [-0.15, -0.1) is 0 Å². The summed E-state index contributed by atoms with van der Waals surface area (Å²) in [5.74, 6) is -1.65. The number of carbonyl (C=O) groups excluding carboxylic acids is 2. The number of sulfonamides is 1. The Balaban J connectivity index is 1.79. The first-order valence-corrected chi connectivity index (χ1v) is 12.9. The lowest BCUT2D eigenvalue weighted by atomic mass is 10.0. The van der Waals surface area contributed by atoms with Crippen molar-refractivity contribution in [1.29, 1.82) is 5.41 Å². The van der Waals surface area contributed by atoms with Crippen LogP contribution in [0.15, 0.2) is 77.7 Å². The van der Waals surface area contributed by atoms with Crippen molar-refractivity contribution in [3.8, 4) is 0 Å². The second-order valence-electron chi connectivity index (χ2n) is 8.32. The molecule has 3 aromatic rings. The maximum absolute atomic E-state index is 13.2. The van der Waals surface area contributed by atoms with Crippen molar-refractivity contribution in [3.63, 3.8) is 0 Å². The van der Waals surface area contributed by atoms with Crippen LogP contribution in [0.1, 0.15) is 18.4 Å². The normalized spacial score (nSPS) is 13.0. The summed E-state index contributed by atoms with van der Waals surface area (Å²) in [7, 11) is -4.08. The molecule has 8 N–H and O–H groups in total. The number of primary amides is 1. The standard InChI is InChI=1S/C25H30N6O4S/c26-23(32)22(15-17-7-2-1-3-8-17)30-24(33)21(11-6-14-29-25(27)28)31-36(34,35)20-13-12-18-9-4-5-10-19(18)16-20/h1-5,7-10,12-13,16,21-22,31H,6,11,14-15H2,(H2,26,32)(H,30,33)(H4,27,28,29)/t21-,22-/m0/s1. The summed E-state index contributed by atoms with van der Waals surface area (Å²) in [6.07, 6.45) is 0.589. The van der Waals surface area contributed by atoms with E-state index in [-0.39, 0.29) is 30.2 Å². The molecule has 36 heavy (non-hydrogen) atoms. The molecule has 0 unspecified atom stereocenters. The number of nitrogens with two attached hydrogens (primary N) is 2. The van der Waals surface area contributed by atoms with Crippen LogP contribution in [0, 0.1) is 5.41 Å². The Morgan fingerprint density at radius 3 is 2.22 bits per heavy atom. The molecule has 3 aromatic carbocycles. The van der Waals surface area contributed by atoms with Crippen LogP contribution in [-0.2, 0) is 26.0 Å². The van der Waals surface area contributed by atoms with E-state index in [1.165, 1.54) is 12.1 Å². The van der Waals surface area contributed by atoms with Crippen LogP contribution in [0.3, 0.4) is 0 Å². The Morgan fingerprint density at radius 2 is 1.56 bits per heavy atom. The molecular formula is C25H30N6O4S. The average Bonchev–Trinajstić information content (AvgIpc) is 2.85. The van der Waals surface area contributed by atoms with Gasteiger partial charge in [0.05, 0.1) is 4.90 Å². The lowest BCUT2D eigenvalue weighted by Crippen LogP contribution is -2.53. The van der Waals surface area contributed by atoms with E-state index in [9.17, 15) is 18.0 Å². The Hall–Kier alpha value is -3.96. The molecule has 10 nitrogen and oxygen atoms in total. The highest BCUT2D eigenvalue weighted by atomic mass is 32.2. The quantitative estimate of drug-likeness (QED) is 0.120. The first-order chi connectivity index (χ1) is 17.2. The Kier molecular flexibility index (Phi) is 8.98. The minimum absolute atomic E-state index is 0.0107. The van der Waals surface area contributed by atoms with E-state index >= 15 is 0 Å². The molecule has 0 aliphatic rings. The zero-order valence-electron chi connectivity index (χ0n) is 19.6. The average molecular weight is 511 g/mol. The smallest absolute Gasteiger partial charge is 0.241 e. The van der Waals surface area contributed by atoms with E-state index < -0.39 is 33.9 Å². The number of benzene rings is 3. The zero-order chi connectivity index (χ0) is 26.1. The van der Waals surface area contributed by atoms with Crippen molar-refractivity contribution < 1.29 is 18.0 Å². The fraction of sp³-hybridized carbons (Fsp3) is 0.240. The highest BCUT2D eigenvalue weighted by Gasteiger charge is 2.28. The van der Waals surface area contributed by atoms with Gasteiger partial charge in [0.15, 0.2) is 5.96 Å². The van der Waals surface area contributed by atoms with Gasteiger partial charge in [0.2, 0.25) is 21.8 Å². The molecule has 2 atom stereocenters. The maximum atomic E-state index is 13.2. The monoisotopic (exact) mass is 510 g/mol. The Labute approximate surface area is 210 Å². The van der Waals surface area contributed by atoms with Gasteiger partial charge < -0.3 is 22.1 Å². The first kappa shape index (κ1) is 26.6. The lowest BCUT2D eigenvalue weighted by molar-refractivity contribution is -0.128. The summed E-state index contributed by atoms with van der Waals surface area (Å²) >= 11 is 0. The van der Waals surface area contributed by atoms with Crippen LogP contribution < -0.4 is 26.8 Å². The number of carbonyl (C=O) groups is 2. The molecule has 2 amide bonds. The molecule has 0 aromatic heterocycles. The molecule has 0 spiro atoms. The summed E-state index contributed by atoms with van der Waals surface area (Å²) < 4.78 is 28.8. The molecule has 0 aliphatic carbocycles. The van der Waals surface area contributed by atoms with E-state index in [1.54, 1.807) is 42.5 Å². The Bertz CT molecular complexity index is 1330. The van der Waals surface area contributed by atoms with E-state index in [4.69, 9.17) is 16.9 Å². The predicted octanol–water partition coefficient (Wildman–Crippen LogP) is 0.963. The van der Waals surface area contributed by atoms with Gasteiger partial charge in [-0.2, -0.15) is 4.72 Å². The van der Waals surface area contributed by atoms with Gasteiger partial charge in [-0.1, -0.05) is 60.7 Å². The van der Waals surface area contributed by atoms with E-state index in [0.717, 1.165) is 16.3 Å². The summed E-state index contributed by atoms with van der Waals surface area (Å²) in [6.45, 7) is 0.264. The van der Waals surface area contributed by atoms with Crippen molar-refractivity contribution in [3.05, 3.63) is 78.4 Å². The summed E-state index contributed by atoms with van der Waals surface area (Å²) in [5.41, 5.74) is 11.6. The third-order valence-electron chi connectivity index (χ3n) is 5.57. The lowest BCUT2D eigenvalue weighted by Gasteiger charge is -2.22. The van der Waals surface area contributed by atoms with Crippen LogP contribution in [0.2, 0.25) is 0 Å². The summed E-state index contributed by atoms with van der Waals surface area (Å²) in [5, 5.41) is 14.1. The number of rotatable bonds is 12. The van der Waals surface area contributed by atoms with Crippen molar-refractivity contribution >= 4 is 38.6 Å². The molecule has 11 heteroatoms. The van der Waals surface area contributed by atoms with Gasteiger partial charge in [-0.05, 0) is 41.3 Å². The number of nitrogens with one attached hydrogen (secondary N) is 4. The third-order valence-corrected chi connectivity index (χ3v) is 7.04. The molecule has 0 bridgehead atoms. The van der Waals surface area contributed by atoms with Crippen LogP contribution in [-0.4, -0.2) is 44.8 Å². The van der Waals surface area contributed by atoms with Gasteiger partial charge in [-0.3, -0.25) is 15.0 Å². The molecule has 0 aliphatic heterocycles. The number of hydrogen-bond acceptors (Lipinski definition) is 5. The van der Waals surface area contributed by atoms with Crippen molar-refractivity contribution in [2.45, 2.75) is 36.2 Å². The van der Waals surface area contributed by atoms with Gasteiger partial charge in [0.25, 0.3) is 0 Å². The second-order valence-corrected chi connectivity index (χ2v) is 10.0. The summed E-state index contributed by atoms with van der Waals surface area (Å²) in [4.78, 5) is 25.2. The van der Waals surface area contributed by atoms with Crippen LogP contribution in [0.4, 0.5) is 0 Å². The molecule has 0 radical (unpaired) electrons. The van der Waals surface area contributed by atoms with Gasteiger partial charge in [-0.25, -0.2) is 8.42 Å². The van der Waals surface area contributed by atoms with Gasteiger partial charge >= 0.3 is 0 Å². The third kappa shape index (κ3) is 7.52. The molecule has 190 valence electrons. The molecule has 0 saturated carbocycles. The van der Waals surface area contributed by atoms with Crippen molar-refractivity contribution in [2.24, 2.45) is 11.5 Å². The van der Waals surface area contributed by atoms with Crippen molar-refractivity contribution in [2.75, 3.05) is 6.54 Å². The minimum Gasteiger partial charge on any atom is -0.370 e. The molecular weight excluding hydrogens is 480 g/mol. The first-order valence-electron chi connectivity index (χ1n) is 11.4. The topological polar surface area (TPSA) is 180 Å².